The van der Waals surface area contributed by atoms with Gasteiger partial charge in [-0.15, -0.1) is 0 Å². The van der Waals surface area contributed by atoms with E-state index in [1.807, 2.05) is 30.3 Å². The number of carbonyl (C=O) groups is 1. The van der Waals surface area contributed by atoms with Crippen LogP contribution < -0.4 is 45.1 Å². The van der Waals surface area contributed by atoms with Crippen LogP contribution >= 0.6 is 0 Å². The van der Waals surface area contributed by atoms with Crippen molar-refractivity contribution in [2.75, 3.05) is 5.73 Å². The fraction of sp³-hybridized carbons (Fsp3) is 0.143. The first kappa shape index (κ1) is 17.2. The number of ether oxygens (including phenoxy) is 1. The summed E-state index contributed by atoms with van der Waals surface area (Å²) in [6.07, 6.45) is 1.34. The van der Waals surface area contributed by atoms with Gasteiger partial charge >= 0.3 is 29.6 Å². The summed E-state index contributed by atoms with van der Waals surface area (Å²) in [5.41, 5.74) is 7.21. The van der Waals surface area contributed by atoms with Crippen LogP contribution in [0, 0.1) is 0 Å². The fourth-order valence-electron chi connectivity index (χ4n) is 2.05. The number of anilines is 1. The Kier molecular flexibility index (Phi) is 5.54. The van der Waals surface area contributed by atoms with Gasteiger partial charge in [-0.05, 0) is 5.56 Å². The van der Waals surface area contributed by atoms with E-state index in [1.54, 1.807) is 0 Å². The summed E-state index contributed by atoms with van der Waals surface area (Å²) in [5.74, 6) is -1.05. The van der Waals surface area contributed by atoms with Gasteiger partial charge in [-0.3, -0.25) is 0 Å². The number of hydrogen-bond donors (Lipinski definition) is 1. The zero-order chi connectivity index (χ0) is 15.5. The number of hydrogen-bond acceptors (Lipinski definition) is 7. The van der Waals surface area contributed by atoms with Crippen molar-refractivity contribution in [1.29, 1.82) is 0 Å². The Labute approximate surface area is 153 Å². The van der Waals surface area contributed by atoms with E-state index in [2.05, 4.69) is 15.0 Å². The third kappa shape index (κ3) is 3.98. The van der Waals surface area contributed by atoms with Crippen LogP contribution in [0.3, 0.4) is 0 Å². The van der Waals surface area contributed by atoms with Gasteiger partial charge in [0.25, 0.3) is 0 Å². The van der Waals surface area contributed by atoms with E-state index in [-0.39, 0.29) is 60.2 Å². The molecule has 0 saturated carbocycles. The first-order valence-electron chi connectivity index (χ1n) is 6.48. The normalized spacial score (nSPS) is 10.3. The van der Waals surface area contributed by atoms with Crippen molar-refractivity contribution in [1.82, 2.24) is 19.5 Å². The summed E-state index contributed by atoms with van der Waals surface area (Å²) < 4.78 is 7.01. The van der Waals surface area contributed by atoms with Crippen molar-refractivity contribution in [3.8, 4) is 5.88 Å². The van der Waals surface area contributed by atoms with Gasteiger partial charge < -0.3 is 24.9 Å². The number of fused-ring (bicyclic) bond motifs is 1. The van der Waals surface area contributed by atoms with Gasteiger partial charge in [-0.2, -0.15) is 9.97 Å². The van der Waals surface area contributed by atoms with Crippen LogP contribution in [0.4, 0.5) is 5.95 Å². The Hall–Kier alpha value is -2.16. The van der Waals surface area contributed by atoms with Crippen LogP contribution in [0.25, 0.3) is 11.2 Å². The van der Waals surface area contributed by atoms with E-state index in [9.17, 15) is 9.90 Å². The van der Waals surface area contributed by atoms with E-state index >= 15 is 0 Å². The molecule has 1 aromatic carbocycles. The maximum atomic E-state index is 10.8. The number of carboxylic acids is 1. The molecule has 0 spiro atoms. The summed E-state index contributed by atoms with van der Waals surface area (Å²) in [7, 11) is 0. The maximum absolute atomic E-state index is 10.8. The van der Waals surface area contributed by atoms with E-state index in [0.717, 1.165) is 5.56 Å². The van der Waals surface area contributed by atoms with Gasteiger partial charge in [0.05, 0.1) is 18.8 Å². The molecule has 8 nitrogen and oxygen atoms in total. The summed E-state index contributed by atoms with van der Waals surface area (Å²) in [6.45, 7) is -0.103. The number of aromatic nitrogens is 4. The molecule has 0 unspecified atom stereocenters. The van der Waals surface area contributed by atoms with Crippen molar-refractivity contribution in [3.05, 3.63) is 42.2 Å². The first-order chi connectivity index (χ1) is 10.6. The second kappa shape index (κ2) is 7.40. The van der Waals surface area contributed by atoms with Crippen LogP contribution in [-0.4, -0.2) is 25.5 Å². The SMILES string of the molecule is Nc1nc(OCc2ccccc2)c2c(ncn2CC(=O)[O-])n1.[Na+]. The molecule has 0 aliphatic rings. The Morgan fingerprint density at radius 1 is 1.26 bits per heavy atom. The third-order valence-electron chi connectivity index (χ3n) is 2.98. The molecule has 3 rings (SSSR count). The molecule has 0 fully saturated rings. The molecule has 0 atom stereocenters. The number of nitrogen functional groups attached to an aromatic ring is 1. The van der Waals surface area contributed by atoms with Crippen molar-refractivity contribution in [3.63, 3.8) is 0 Å². The number of benzene rings is 1. The van der Waals surface area contributed by atoms with Crippen LogP contribution in [0.15, 0.2) is 36.7 Å². The van der Waals surface area contributed by atoms with Gasteiger partial charge in [0.1, 0.15) is 6.61 Å². The molecule has 112 valence electrons. The molecule has 0 aliphatic carbocycles. The first-order valence-corrected chi connectivity index (χ1v) is 6.48. The molecule has 2 N–H and O–H groups in total. The van der Waals surface area contributed by atoms with Crippen LogP contribution in [0.1, 0.15) is 5.56 Å². The van der Waals surface area contributed by atoms with Gasteiger partial charge in [-0.1, -0.05) is 30.3 Å². The summed E-state index contributed by atoms with van der Waals surface area (Å²) >= 11 is 0. The number of carbonyl (C=O) groups excluding carboxylic acids is 1. The number of aliphatic carboxylic acids is 1. The molecule has 0 amide bonds. The molecule has 2 aromatic heterocycles. The molecular formula is C14H12N5NaO3. The fourth-order valence-corrected chi connectivity index (χ4v) is 2.05. The van der Waals surface area contributed by atoms with E-state index in [0.29, 0.717) is 5.52 Å². The van der Waals surface area contributed by atoms with Gasteiger partial charge in [0, 0.05) is 0 Å². The monoisotopic (exact) mass is 321 g/mol. The third-order valence-corrected chi connectivity index (χ3v) is 2.98. The average molecular weight is 321 g/mol. The summed E-state index contributed by atoms with van der Waals surface area (Å²) in [5, 5.41) is 10.8. The zero-order valence-corrected chi connectivity index (χ0v) is 14.5. The molecule has 0 bridgehead atoms. The standard InChI is InChI=1S/C14H13N5O3.Na/c15-14-17-12-11(19(8-16-12)6-10(20)21)13(18-14)22-7-9-4-2-1-3-5-9;/h1-5,8H,6-7H2,(H,20,21)(H2,15,17,18);/q;+1/p-1. The molecule has 23 heavy (non-hydrogen) atoms. The number of imidazole rings is 1. The van der Waals surface area contributed by atoms with Crippen molar-refractivity contribution >= 4 is 23.1 Å². The zero-order valence-electron chi connectivity index (χ0n) is 12.5. The summed E-state index contributed by atoms with van der Waals surface area (Å²) in [4.78, 5) is 22.8. The van der Waals surface area contributed by atoms with E-state index in [1.165, 1.54) is 10.9 Å². The quantitative estimate of drug-likeness (QED) is 0.490. The average Bonchev–Trinajstić information content (AvgIpc) is 2.88. The second-order valence-electron chi connectivity index (χ2n) is 4.58. The molecule has 0 saturated heterocycles. The minimum absolute atomic E-state index is 0. The minimum atomic E-state index is -1.25. The van der Waals surface area contributed by atoms with Crippen LogP contribution in [0.5, 0.6) is 5.88 Å². The molecule has 3 aromatic rings. The van der Waals surface area contributed by atoms with Crippen LogP contribution in [-0.2, 0) is 17.9 Å². The number of carboxylic acid groups (broad SMARTS) is 1. The predicted molar refractivity (Wildman–Crippen MR) is 75.5 cm³/mol. The van der Waals surface area contributed by atoms with E-state index in [4.69, 9.17) is 10.5 Å². The van der Waals surface area contributed by atoms with Gasteiger partial charge in [0.2, 0.25) is 11.8 Å². The van der Waals surface area contributed by atoms with Crippen molar-refractivity contribution < 1.29 is 44.2 Å². The van der Waals surface area contributed by atoms with Crippen molar-refractivity contribution in [2.24, 2.45) is 0 Å². The molecular weight excluding hydrogens is 309 g/mol. The van der Waals surface area contributed by atoms with Crippen molar-refractivity contribution in [2.45, 2.75) is 13.2 Å². The number of nitrogens with two attached hydrogens (primary N) is 1. The maximum Gasteiger partial charge on any atom is 1.00 e. The second-order valence-corrected chi connectivity index (χ2v) is 4.58. The molecule has 0 aliphatic heterocycles. The van der Waals surface area contributed by atoms with Gasteiger partial charge in [-0.25, -0.2) is 4.98 Å². The smallest absolute Gasteiger partial charge is 0.548 e. The Morgan fingerprint density at radius 3 is 2.70 bits per heavy atom. The predicted octanol–water partition coefficient (Wildman–Crippen LogP) is -3.26. The Bertz CT molecular complexity index is 822. The number of nitrogens with zero attached hydrogens (tertiary/aromatic N) is 4. The summed E-state index contributed by atoms with van der Waals surface area (Å²) in [6, 6.07) is 9.49. The topological polar surface area (TPSA) is 119 Å². The molecule has 0 radical (unpaired) electrons. The van der Waals surface area contributed by atoms with E-state index < -0.39 is 5.97 Å². The minimum Gasteiger partial charge on any atom is -0.548 e. The molecule has 9 heteroatoms. The van der Waals surface area contributed by atoms with Crippen LogP contribution in [0.2, 0.25) is 0 Å². The molecule has 2 heterocycles. The largest absolute Gasteiger partial charge is 1.00 e. The number of rotatable bonds is 5. The Morgan fingerprint density at radius 2 is 2.00 bits per heavy atom. The van der Waals surface area contributed by atoms with Gasteiger partial charge in [0.15, 0.2) is 11.2 Å². The Balaban J connectivity index is 0.00000192.